The third-order valence-corrected chi connectivity index (χ3v) is 7.56. The average molecular weight is 362 g/mol. The number of unbranched alkanes of at least 4 members (excludes halogenated alkanes) is 1. The van der Waals surface area contributed by atoms with Gasteiger partial charge in [0.25, 0.3) is 0 Å². The van der Waals surface area contributed by atoms with Gasteiger partial charge in [0.05, 0.1) is 0 Å². The van der Waals surface area contributed by atoms with Gasteiger partial charge in [-0.05, 0) is 0 Å². The molecule has 0 radical (unpaired) electrons. The van der Waals surface area contributed by atoms with Crippen molar-refractivity contribution in [3.8, 4) is 0 Å². The second kappa shape index (κ2) is 8.57. The van der Waals surface area contributed by atoms with E-state index in [1.807, 2.05) is 0 Å². The first-order valence-electron chi connectivity index (χ1n) is 6.27. The zero-order valence-electron chi connectivity index (χ0n) is 11.0. The molecule has 0 nitrogen and oxygen atoms in total. The summed E-state index contributed by atoms with van der Waals surface area (Å²) in [6.45, 7) is 4.74. The molecule has 0 spiro atoms. The number of hydrogen-bond acceptors (Lipinski definition) is 0. The summed E-state index contributed by atoms with van der Waals surface area (Å²) in [5.41, 5.74) is 1.70. The average Bonchev–Trinajstić information content (AvgIpc) is 2.86. The predicted molar refractivity (Wildman–Crippen MR) is 67.0 cm³/mol. The Morgan fingerprint density at radius 3 is 2.61 bits per heavy atom. The quantitative estimate of drug-likeness (QED) is 0.576. The van der Waals surface area contributed by atoms with Crippen LogP contribution in [0.25, 0.3) is 0 Å². The molecule has 0 aromatic heterocycles. The van der Waals surface area contributed by atoms with Gasteiger partial charge in [0, 0.05) is 0 Å². The van der Waals surface area contributed by atoms with Gasteiger partial charge in [0.2, 0.25) is 0 Å². The second-order valence-corrected chi connectivity index (χ2v) is 9.55. The molecule has 0 saturated carbocycles. The molecule has 18 heavy (non-hydrogen) atoms. The third-order valence-electron chi connectivity index (χ3n) is 3.39. The van der Waals surface area contributed by atoms with Crippen LogP contribution in [0.1, 0.15) is 39.5 Å². The van der Waals surface area contributed by atoms with E-state index in [-0.39, 0.29) is 24.8 Å². The molecule has 0 N–H and O–H groups in total. The van der Waals surface area contributed by atoms with Crippen LogP contribution in [-0.2, 0) is 23.2 Å². The molecular formula is C15H20Cl2Zr. The molecule has 0 amide bonds. The number of allylic oxidation sites excluding steroid dienone is 8. The fourth-order valence-corrected chi connectivity index (χ4v) is 6.31. The van der Waals surface area contributed by atoms with Crippen molar-refractivity contribution in [2.75, 3.05) is 0 Å². The van der Waals surface area contributed by atoms with Gasteiger partial charge in [-0.2, -0.15) is 0 Å². The molecule has 1 atom stereocenters. The number of rotatable bonds is 5. The minimum Gasteiger partial charge on any atom is -1.00 e. The first kappa shape index (κ1) is 18.4. The van der Waals surface area contributed by atoms with E-state index >= 15 is 0 Å². The van der Waals surface area contributed by atoms with Crippen molar-refractivity contribution in [1.29, 1.82) is 0 Å². The first-order valence-corrected chi connectivity index (χ1v) is 8.73. The Bertz CT molecular complexity index is 380. The van der Waals surface area contributed by atoms with E-state index < -0.39 is 23.2 Å². The van der Waals surface area contributed by atoms with Crippen LogP contribution in [0.2, 0.25) is 3.12 Å². The topological polar surface area (TPSA) is 0 Å². The minimum absolute atomic E-state index is 0. The summed E-state index contributed by atoms with van der Waals surface area (Å²) in [7, 11) is 0. The van der Waals surface area contributed by atoms with Crippen LogP contribution >= 0.6 is 0 Å². The van der Waals surface area contributed by atoms with Gasteiger partial charge in [0.15, 0.2) is 0 Å². The Kier molecular flexibility index (Phi) is 8.77. The van der Waals surface area contributed by atoms with Gasteiger partial charge >= 0.3 is 111 Å². The van der Waals surface area contributed by atoms with Gasteiger partial charge < -0.3 is 24.8 Å². The van der Waals surface area contributed by atoms with Crippen LogP contribution in [0, 0.1) is 0 Å². The van der Waals surface area contributed by atoms with E-state index in [0.29, 0.717) is 3.12 Å². The molecule has 0 heterocycles. The summed E-state index contributed by atoms with van der Waals surface area (Å²) in [5, 5.41) is 0. The van der Waals surface area contributed by atoms with Gasteiger partial charge in [-0.25, -0.2) is 0 Å². The first-order chi connectivity index (χ1) is 7.74. The molecule has 0 unspecified atom stereocenters. The molecule has 0 bridgehead atoms. The van der Waals surface area contributed by atoms with E-state index in [9.17, 15) is 0 Å². The van der Waals surface area contributed by atoms with Crippen LogP contribution in [0.3, 0.4) is 0 Å². The summed E-state index contributed by atoms with van der Waals surface area (Å²) in [6.07, 6.45) is 19.2. The van der Waals surface area contributed by atoms with Crippen LogP contribution in [-0.4, -0.2) is 0 Å². The monoisotopic (exact) mass is 360 g/mol. The molecular weight excluding hydrogens is 342 g/mol. The van der Waals surface area contributed by atoms with Gasteiger partial charge in [0.1, 0.15) is 0 Å². The van der Waals surface area contributed by atoms with Crippen molar-refractivity contribution in [1.82, 2.24) is 0 Å². The molecule has 0 aromatic carbocycles. The molecule has 2 aliphatic carbocycles. The zero-order chi connectivity index (χ0) is 11.4. The van der Waals surface area contributed by atoms with Crippen LogP contribution in [0.15, 0.2) is 45.3 Å². The predicted octanol–water partition coefficient (Wildman–Crippen LogP) is -1.21. The van der Waals surface area contributed by atoms with Crippen molar-refractivity contribution in [3.05, 3.63) is 45.3 Å². The number of hydrogen-bond donors (Lipinski definition) is 0. The Labute approximate surface area is 135 Å². The number of halogens is 2. The molecule has 0 fully saturated rings. The van der Waals surface area contributed by atoms with Crippen LogP contribution in [0.5, 0.6) is 0 Å². The fourth-order valence-electron chi connectivity index (χ4n) is 2.34. The molecule has 2 rings (SSSR count). The van der Waals surface area contributed by atoms with E-state index in [0.717, 1.165) is 0 Å². The van der Waals surface area contributed by atoms with Crippen molar-refractivity contribution < 1.29 is 48.0 Å². The summed E-state index contributed by atoms with van der Waals surface area (Å²) >= 11 is -0.470. The van der Waals surface area contributed by atoms with Crippen molar-refractivity contribution in [3.63, 3.8) is 0 Å². The molecule has 0 aliphatic heterocycles. The van der Waals surface area contributed by atoms with Crippen LogP contribution in [0.4, 0.5) is 0 Å². The van der Waals surface area contributed by atoms with Gasteiger partial charge in [-0.3, -0.25) is 0 Å². The zero-order valence-corrected chi connectivity index (χ0v) is 15.0. The van der Waals surface area contributed by atoms with Gasteiger partial charge in [-0.15, -0.1) is 0 Å². The third kappa shape index (κ3) is 4.51. The van der Waals surface area contributed by atoms with Crippen molar-refractivity contribution in [2.45, 2.75) is 42.7 Å². The standard InChI is InChI=1S/C10H15.C5H5.2ClH.Zr/c1-3-4-7-10-8-5-6-9(10)2;1-2-4-5-3-1;;;/h5-6,8H,3-4,7H2,1-2H3;1-3H,4H2;2*1H;/q;;;;+2/p-2. The normalized spacial score (nSPS) is 23.9. The minimum atomic E-state index is -0.470. The van der Waals surface area contributed by atoms with Gasteiger partial charge in [-0.1, -0.05) is 0 Å². The molecule has 0 aromatic rings. The Morgan fingerprint density at radius 2 is 2.00 bits per heavy atom. The van der Waals surface area contributed by atoms with E-state index in [4.69, 9.17) is 0 Å². The van der Waals surface area contributed by atoms with Crippen molar-refractivity contribution in [2.24, 2.45) is 0 Å². The maximum atomic E-state index is 2.46. The van der Waals surface area contributed by atoms with E-state index in [2.05, 4.69) is 50.3 Å². The van der Waals surface area contributed by atoms with E-state index in [1.54, 1.807) is 8.85 Å². The molecule has 98 valence electrons. The summed E-state index contributed by atoms with van der Waals surface area (Å²) in [4.78, 5) is 0. The maximum absolute atomic E-state index is 2.46. The fraction of sp³-hybridized carbons (Fsp3) is 0.467. The maximum Gasteiger partial charge on any atom is -1.00 e. The summed E-state index contributed by atoms with van der Waals surface area (Å²) < 4.78 is 2.22. The molecule has 2 aliphatic rings. The van der Waals surface area contributed by atoms with Crippen LogP contribution < -0.4 is 24.8 Å². The largest absolute Gasteiger partial charge is 1.00 e. The molecule has 3 heteroatoms. The van der Waals surface area contributed by atoms with E-state index in [1.165, 1.54) is 25.7 Å². The summed E-state index contributed by atoms with van der Waals surface area (Å²) in [6, 6.07) is 0. The van der Waals surface area contributed by atoms with Crippen molar-refractivity contribution >= 4 is 0 Å². The molecule has 0 saturated heterocycles. The summed E-state index contributed by atoms with van der Waals surface area (Å²) in [5.74, 6) is 0. The Hall–Kier alpha value is 0.423. The SMILES string of the molecule is CCCCC1=CC=C[C@]1(C)[Zr+2][C]1=CC=CC1.[Cl-].[Cl-]. The Morgan fingerprint density at radius 1 is 1.22 bits per heavy atom. The second-order valence-electron chi connectivity index (χ2n) is 4.81. The Balaban J connectivity index is 0.00000144. The smallest absolute Gasteiger partial charge is 1.00 e.